The minimum absolute atomic E-state index is 0.279. The molecule has 3 aromatic rings. The van der Waals surface area contributed by atoms with Crippen LogP contribution in [-0.2, 0) is 0 Å². The average molecular weight is 423 g/mol. The predicted molar refractivity (Wildman–Crippen MR) is 93.8 cm³/mol. The van der Waals surface area contributed by atoms with Crippen molar-refractivity contribution in [3.8, 4) is 11.1 Å². The van der Waals surface area contributed by atoms with Gasteiger partial charge in [-0.2, -0.15) is 0 Å². The maximum Gasteiger partial charge on any atom is 0.252 e. The Morgan fingerprint density at radius 3 is 2.65 bits per heavy atom. The van der Waals surface area contributed by atoms with Gasteiger partial charge in [-0.1, -0.05) is 12.1 Å². The number of rotatable bonds is 3. The second-order valence-corrected chi connectivity index (χ2v) is 6.91. The van der Waals surface area contributed by atoms with E-state index in [1.54, 1.807) is 24.3 Å². The molecule has 1 aliphatic rings. The molecule has 2 aromatic heterocycles. The number of alkyl halides is 2. The molecule has 7 nitrogen and oxygen atoms in total. The first-order chi connectivity index (χ1) is 12.3. The summed E-state index contributed by atoms with van der Waals surface area (Å²) in [5.41, 5.74) is 8.33. The molecule has 1 aromatic carbocycles. The lowest BCUT2D eigenvalue weighted by molar-refractivity contribution is -0.0901. The zero-order chi connectivity index (χ0) is 18.5. The Morgan fingerprint density at radius 2 is 2.00 bits per heavy atom. The number of nitrogens with zero attached hydrogens (tertiary/aromatic N) is 4. The lowest BCUT2D eigenvalue weighted by Crippen LogP contribution is -2.50. The summed E-state index contributed by atoms with van der Waals surface area (Å²) >= 11 is 3.38. The number of nitrogens with two attached hydrogens (primary N) is 1. The summed E-state index contributed by atoms with van der Waals surface area (Å²) < 4.78 is 27.6. The van der Waals surface area contributed by atoms with Gasteiger partial charge in [-0.3, -0.25) is 4.79 Å². The van der Waals surface area contributed by atoms with Gasteiger partial charge >= 0.3 is 0 Å². The van der Waals surface area contributed by atoms with E-state index in [0.717, 1.165) is 5.56 Å². The van der Waals surface area contributed by atoms with Gasteiger partial charge in [0.15, 0.2) is 5.82 Å². The van der Waals surface area contributed by atoms with Gasteiger partial charge in [0.25, 0.3) is 11.8 Å². The number of anilines is 1. The van der Waals surface area contributed by atoms with Gasteiger partial charge in [-0.15, -0.1) is 14.8 Å². The van der Waals surface area contributed by atoms with Crippen molar-refractivity contribution in [1.82, 2.24) is 25.1 Å². The molecule has 26 heavy (non-hydrogen) atoms. The number of carbonyl (C=O) groups excluding carboxylic acids is 1. The third kappa shape index (κ3) is 2.90. The number of fused-ring (bicyclic) bond motifs is 1. The molecule has 2 heterocycles. The van der Waals surface area contributed by atoms with Crippen LogP contribution < -0.4 is 11.1 Å². The molecule has 1 fully saturated rings. The molecule has 0 atom stereocenters. The number of nitrogens with one attached hydrogen (secondary N) is 1. The first-order valence-electron chi connectivity index (χ1n) is 7.78. The highest BCUT2D eigenvalue weighted by atomic mass is 79.9. The molecule has 0 aliphatic heterocycles. The van der Waals surface area contributed by atoms with E-state index in [1.807, 2.05) is 0 Å². The molecule has 3 N–H and O–H groups in total. The van der Waals surface area contributed by atoms with Crippen molar-refractivity contribution in [2.24, 2.45) is 0 Å². The van der Waals surface area contributed by atoms with E-state index in [1.165, 1.54) is 11.0 Å². The van der Waals surface area contributed by atoms with Crippen LogP contribution in [0, 0.1) is 0 Å². The smallest absolute Gasteiger partial charge is 0.252 e. The van der Waals surface area contributed by atoms with E-state index in [-0.39, 0.29) is 24.6 Å². The van der Waals surface area contributed by atoms with E-state index in [2.05, 4.69) is 36.4 Å². The van der Waals surface area contributed by atoms with Crippen LogP contribution in [0.15, 0.2) is 35.2 Å². The van der Waals surface area contributed by atoms with Crippen molar-refractivity contribution < 1.29 is 13.6 Å². The molecule has 134 valence electrons. The number of halogens is 3. The summed E-state index contributed by atoms with van der Waals surface area (Å²) in [6.45, 7) is 0. The molecule has 1 amide bonds. The van der Waals surface area contributed by atoms with Crippen molar-refractivity contribution in [1.29, 1.82) is 0 Å². The maximum absolute atomic E-state index is 12.9. The number of hydrogen-bond donors (Lipinski definition) is 2. The highest BCUT2D eigenvalue weighted by Crippen LogP contribution is 2.37. The second kappa shape index (κ2) is 5.97. The van der Waals surface area contributed by atoms with Crippen LogP contribution in [0.5, 0.6) is 0 Å². The fourth-order valence-electron chi connectivity index (χ4n) is 2.97. The SMILES string of the molecule is Nc1ncnn2nc(Br)c(-c3ccc(C(=O)NC4CC(F)(F)C4)cc3)c12. The Hall–Kier alpha value is -2.62. The Labute approximate surface area is 154 Å². The van der Waals surface area contributed by atoms with Crippen molar-refractivity contribution in [3.05, 3.63) is 40.8 Å². The topological polar surface area (TPSA) is 98.2 Å². The molecule has 1 saturated carbocycles. The largest absolute Gasteiger partial charge is 0.382 e. The summed E-state index contributed by atoms with van der Waals surface area (Å²) in [4.78, 5) is 16.1. The third-order valence-corrected chi connectivity index (χ3v) is 4.84. The van der Waals surface area contributed by atoms with Gasteiger partial charge in [0, 0.05) is 30.0 Å². The number of carbonyl (C=O) groups is 1. The molecule has 0 saturated heterocycles. The highest BCUT2D eigenvalue weighted by Gasteiger charge is 2.45. The van der Waals surface area contributed by atoms with Gasteiger partial charge in [0.05, 0.1) is 0 Å². The van der Waals surface area contributed by atoms with E-state index >= 15 is 0 Å². The summed E-state index contributed by atoms with van der Waals surface area (Å²) in [6, 6.07) is 6.23. The second-order valence-electron chi connectivity index (χ2n) is 6.16. The van der Waals surface area contributed by atoms with Crippen LogP contribution in [-0.4, -0.2) is 37.7 Å². The van der Waals surface area contributed by atoms with E-state index in [9.17, 15) is 13.6 Å². The lowest BCUT2D eigenvalue weighted by atomic mass is 9.88. The Morgan fingerprint density at radius 1 is 1.31 bits per heavy atom. The number of hydrogen-bond acceptors (Lipinski definition) is 5. The fraction of sp³-hybridized carbons (Fsp3) is 0.250. The van der Waals surface area contributed by atoms with E-state index in [0.29, 0.717) is 21.2 Å². The molecule has 0 unspecified atom stereocenters. The van der Waals surface area contributed by atoms with Crippen LogP contribution in [0.1, 0.15) is 23.2 Å². The van der Waals surface area contributed by atoms with Crippen LogP contribution in [0.4, 0.5) is 14.6 Å². The Bertz CT molecular complexity index is 996. The van der Waals surface area contributed by atoms with Gasteiger partial charge < -0.3 is 11.1 Å². The normalized spacial score (nSPS) is 16.4. The van der Waals surface area contributed by atoms with Gasteiger partial charge in [-0.05, 0) is 33.6 Å². The van der Waals surface area contributed by atoms with Gasteiger partial charge in [0.1, 0.15) is 16.4 Å². The van der Waals surface area contributed by atoms with E-state index < -0.39 is 12.0 Å². The Kier molecular flexibility index (Phi) is 3.87. The number of benzene rings is 1. The minimum atomic E-state index is -2.67. The minimum Gasteiger partial charge on any atom is -0.382 e. The first kappa shape index (κ1) is 16.8. The fourth-order valence-corrected chi connectivity index (χ4v) is 3.54. The molecule has 0 spiro atoms. The number of nitrogen functional groups attached to an aromatic ring is 1. The molecule has 10 heteroatoms. The standard InChI is InChI=1S/C16H13BrF2N6O/c17-13-11(12-14(20)21-7-22-25(12)24-13)8-1-3-9(4-2-8)15(26)23-10-5-16(18,19)6-10/h1-4,7,10H,5-6H2,(H,23,26)(H2,20,21,22). The van der Waals surface area contributed by atoms with Crippen LogP contribution in [0.25, 0.3) is 16.6 Å². The number of amides is 1. The van der Waals surface area contributed by atoms with Crippen molar-refractivity contribution >= 4 is 33.2 Å². The zero-order valence-corrected chi connectivity index (χ0v) is 14.9. The van der Waals surface area contributed by atoms with Crippen molar-refractivity contribution in [2.75, 3.05) is 5.73 Å². The van der Waals surface area contributed by atoms with Crippen LogP contribution in [0.3, 0.4) is 0 Å². The summed E-state index contributed by atoms with van der Waals surface area (Å²) in [7, 11) is 0. The summed E-state index contributed by atoms with van der Waals surface area (Å²) in [5.74, 6) is -2.76. The summed E-state index contributed by atoms with van der Waals surface area (Å²) in [6.07, 6.45) is 0.680. The molecule has 0 bridgehead atoms. The average Bonchev–Trinajstić information content (AvgIpc) is 2.90. The van der Waals surface area contributed by atoms with Crippen LogP contribution in [0.2, 0.25) is 0 Å². The summed E-state index contributed by atoms with van der Waals surface area (Å²) in [5, 5.41) is 10.9. The van der Waals surface area contributed by atoms with Gasteiger partial charge in [-0.25, -0.2) is 13.8 Å². The lowest BCUT2D eigenvalue weighted by Gasteiger charge is -2.35. The highest BCUT2D eigenvalue weighted by molar-refractivity contribution is 9.10. The third-order valence-electron chi connectivity index (χ3n) is 4.29. The van der Waals surface area contributed by atoms with Crippen molar-refractivity contribution in [2.45, 2.75) is 24.8 Å². The molecule has 1 aliphatic carbocycles. The quantitative estimate of drug-likeness (QED) is 0.675. The van der Waals surface area contributed by atoms with E-state index in [4.69, 9.17) is 5.73 Å². The van der Waals surface area contributed by atoms with Gasteiger partial charge in [0.2, 0.25) is 0 Å². The molecular formula is C16H13BrF2N6O. The predicted octanol–water partition coefficient (Wildman–Crippen LogP) is 2.66. The maximum atomic E-state index is 12.9. The van der Waals surface area contributed by atoms with Crippen LogP contribution >= 0.6 is 15.9 Å². The van der Waals surface area contributed by atoms with Crippen molar-refractivity contribution in [3.63, 3.8) is 0 Å². The number of aromatic nitrogens is 4. The first-order valence-corrected chi connectivity index (χ1v) is 8.57. The molecule has 0 radical (unpaired) electrons. The Balaban J connectivity index is 1.59. The molecular weight excluding hydrogens is 410 g/mol. The monoisotopic (exact) mass is 422 g/mol. The molecule has 4 rings (SSSR count). The zero-order valence-electron chi connectivity index (χ0n) is 13.3.